The van der Waals surface area contributed by atoms with E-state index in [-0.39, 0.29) is 12.4 Å². The van der Waals surface area contributed by atoms with Gasteiger partial charge in [0.1, 0.15) is 5.78 Å². The molecule has 0 heterocycles. The molecule has 1 aliphatic carbocycles. The highest BCUT2D eigenvalue weighted by atomic mass is 35.5. The van der Waals surface area contributed by atoms with Crippen LogP contribution in [0, 0.1) is 0 Å². The molecule has 0 radical (unpaired) electrons. The van der Waals surface area contributed by atoms with Gasteiger partial charge in [-0.15, -0.1) is 0 Å². The monoisotopic (exact) mass is 316 g/mol. The summed E-state index contributed by atoms with van der Waals surface area (Å²) in [5.74, 6) is 0.0368. The van der Waals surface area contributed by atoms with Crippen LogP contribution in [0.4, 0.5) is 0 Å². The highest BCUT2D eigenvalue weighted by Crippen LogP contribution is 2.38. The molecule has 20 heavy (non-hydrogen) atoms. The molecule has 1 saturated carbocycles. The molecule has 1 aromatic rings. The molecule has 2 rings (SSSR count). The van der Waals surface area contributed by atoms with Gasteiger partial charge in [0, 0.05) is 11.4 Å². The Labute approximate surface area is 124 Å². The molecule has 1 unspecified atom stereocenters. The maximum Gasteiger partial charge on any atom is 0.264 e. The van der Waals surface area contributed by atoms with Crippen LogP contribution in [-0.4, -0.2) is 27.1 Å². The maximum absolute atomic E-state index is 12.4. The quantitative estimate of drug-likeness (QED) is 0.801. The van der Waals surface area contributed by atoms with Crippen molar-refractivity contribution in [1.82, 2.24) is 0 Å². The highest BCUT2D eigenvalue weighted by molar-refractivity contribution is 7.85. The summed E-state index contributed by atoms with van der Waals surface area (Å²) in [5.41, 5.74) is -0.0957. The van der Waals surface area contributed by atoms with E-state index in [0.717, 1.165) is 24.7 Å². The molecule has 0 amide bonds. The van der Waals surface area contributed by atoms with Crippen LogP contribution in [0.2, 0.25) is 5.02 Å². The topological polar surface area (TPSA) is 60.4 Å². The van der Waals surface area contributed by atoms with Gasteiger partial charge in [0.05, 0.1) is 18.3 Å². The van der Waals surface area contributed by atoms with E-state index < -0.39 is 15.5 Å². The number of carbonyl (C=O) groups is 1. The molecule has 0 bridgehead atoms. The molecule has 1 fully saturated rings. The van der Waals surface area contributed by atoms with Gasteiger partial charge >= 0.3 is 0 Å². The van der Waals surface area contributed by atoms with Crippen LogP contribution in [0.5, 0.6) is 0 Å². The van der Waals surface area contributed by atoms with Gasteiger partial charge in [0.15, 0.2) is 0 Å². The Morgan fingerprint density at radius 3 is 2.45 bits per heavy atom. The Morgan fingerprint density at radius 2 is 1.90 bits per heavy atom. The average Bonchev–Trinajstić information content (AvgIpc) is 2.38. The predicted octanol–water partition coefficient (Wildman–Crippen LogP) is 2.70. The largest absolute Gasteiger partial charge is 0.299 e. The normalized spacial score (nSPS) is 23.8. The molecular formula is C14H17ClO4S. The fourth-order valence-electron chi connectivity index (χ4n) is 2.61. The zero-order chi connectivity index (χ0) is 14.8. The second kappa shape index (κ2) is 5.84. The van der Waals surface area contributed by atoms with Gasteiger partial charge in [0.2, 0.25) is 0 Å². The molecule has 1 aromatic carbocycles. The first-order valence-electron chi connectivity index (χ1n) is 6.47. The SMILES string of the molecule is CS(=O)(=O)OCC1(c2ccc(Cl)cc2)CCCCC1=O. The Hall–Kier alpha value is -0.910. The lowest BCUT2D eigenvalue weighted by molar-refractivity contribution is -0.127. The first kappa shape index (κ1) is 15.5. The van der Waals surface area contributed by atoms with Crippen molar-refractivity contribution in [3.8, 4) is 0 Å². The Morgan fingerprint density at radius 1 is 1.25 bits per heavy atom. The van der Waals surface area contributed by atoms with Crippen molar-refractivity contribution in [3.63, 3.8) is 0 Å². The Balaban J connectivity index is 2.37. The van der Waals surface area contributed by atoms with Gasteiger partial charge in [-0.2, -0.15) is 8.42 Å². The predicted molar refractivity (Wildman–Crippen MR) is 77.4 cm³/mol. The third-order valence-corrected chi connectivity index (χ3v) is 4.51. The lowest BCUT2D eigenvalue weighted by Gasteiger charge is -2.35. The summed E-state index contributed by atoms with van der Waals surface area (Å²) in [6, 6.07) is 6.97. The van der Waals surface area contributed by atoms with Crippen LogP contribution in [0.15, 0.2) is 24.3 Å². The number of Topliss-reactive ketones (excluding diaryl/α,β-unsaturated/α-hetero) is 1. The first-order valence-corrected chi connectivity index (χ1v) is 8.67. The number of halogens is 1. The number of hydrogen-bond acceptors (Lipinski definition) is 4. The van der Waals surface area contributed by atoms with Crippen molar-refractivity contribution in [1.29, 1.82) is 0 Å². The lowest BCUT2D eigenvalue weighted by atomic mass is 9.69. The van der Waals surface area contributed by atoms with E-state index >= 15 is 0 Å². The number of hydrogen-bond donors (Lipinski definition) is 0. The minimum absolute atomic E-state index is 0.0368. The molecule has 1 aliphatic rings. The lowest BCUT2D eigenvalue weighted by Crippen LogP contribution is -2.43. The van der Waals surface area contributed by atoms with Crippen molar-refractivity contribution >= 4 is 27.5 Å². The van der Waals surface area contributed by atoms with E-state index in [4.69, 9.17) is 15.8 Å². The number of benzene rings is 1. The Bertz CT molecular complexity index is 594. The van der Waals surface area contributed by atoms with E-state index in [9.17, 15) is 13.2 Å². The minimum Gasteiger partial charge on any atom is -0.299 e. The number of ketones is 1. The smallest absolute Gasteiger partial charge is 0.264 e. The van der Waals surface area contributed by atoms with E-state index in [2.05, 4.69) is 0 Å². The third kappa shape index (κ3) is 3.40. The highest BCUT2D eigenvalue weighted by Gasteiger charge is 2.42. The van der Waals surface area contributed by atoms with Gasteiger partial charge in [0.25, 0.3) is 10.1 Å². The van der Waals surface area contributed by atoms with E-state index in [1.165, 1.54) is 0 Å². The maximum atomic E-state index is 12.4. The average molecular weight is 317 g/mol. The van der Waals surface area contributed by atoms with E-state index in [1.54, 1.807) is 24.3 Å². The summed E-state index contributed by atoms with van der Waals surface area (Å²) in [6.45, 7) is -0.133. The molecule has 0 aromatic heterocycles. The molecule has 0 saturated heterocycles. The third-order valence-electron chi connectivity index (χ3n) is 3.71. The van der Waals surface area contributed by atoms with Gasteiger partial charge in [-0.25, -0.2) is 0 Å². The van der Waals surface area contributed by atoms with Crippen LogP contribution in [0.3, 0.4) is 0 Å². The molecule has 6 heteroatoms. The van der Waals surface area contributed by atoms with Crippen LogP contribution in [0.1, 0.15) is 31.2 Å². The second-order valence-corrected chi connectivity index (χ2v) is 7.27. The van der Waals surface area contributed by atoms with Crippen molar-refractivity contribution in [3.05, 3.63) is 34.9 Å². The minimum atomic E-state index is -3.58. The van der Waals surface area contributed by atoms with Gasteiger partial charge < -0.3 is 0 Å². The molecule has 0 aliphatic heterocycles. The summed E-state index contributed by atoms with van der Waals surface area (Å²) in [6.07, 6.45) is 3.77. The van der Waals surface area contributed by atoms with Gasteiger partial charge in [-0.1, -0.05) is 30.2 Å². The molecular weight excluding hydrogens is 300 g/mol. The van der Waals surface area contributed by atoms with Crippen molar-refractivity contribution in [2.45, 2.75) is 31.1 Å². The summed E-state index contributed by atoms with van der Waals surface area (Å²) in [5, 5.41) is 0.580. The van der Waals surface area contributed by atoms with Crippen LogP contribution < -0.4 is 0 Å². The van der Waals surface area contributed by atoms with E-state index in [0.29, 0.717) is 17.9 Å². The van der Waals surface area contributed by atoms with Gasteiger partial charge in [-0.05, 0) is 30.5 Å². The van der Waals surface area contributed by atoms with Crippen molar-refractivity contribution in [2.75, 3.05) is 12.9 Å². The standard InChI is InChI=1S/C14H17ClO4S/c1-20(17,18)19-10-14(9-3-2-4-13(14)16)11-5-7-12(15)8-6-11/h5-8H,2-4,9-10H2,1H3. The van der Waals surface area contributed by atoms with Crippen molar-refractivity contribution < 1.29 is 17.4 Å². The molecule has 1 atom stereocenters. The zero-order valence-corrected chi connectivity index (χ0v) is 12.8. The Kier molecular flexibility index (Phi) is 4.52. The van der Waals surface area contributed by atoms with Crippen LogP contribution in [-0.2, 0) is 24.5 Å². The summed E-state index contributed by atoms with van der Waals surface area (Å²) < 4.78 is 27.5. The van der Waals surface area contributed by atoms with Crippen LogP contribution in [0.25, 0.3) is 0 Å². The fourth-order valence-corrected chi connectivity index (χ4v) is 3.15. The second-order valence-electron chi connectivity index (χ2n) is 5.19. The number of rotatable bonds is 4. The van der Waals surface area contributed by atoms with E-state index in [1.807, 2.05) is 0 Å². The summed E-state index contributed by atoms with van der Waals surface area (Å²) in [7, 11) is -3.58. The van der Waals surface area contributed by atoms with Crippen molar-refractivity contribution in [2.24, 2.45) is 0 Å². The zero-order valence-electron chi connectivity index (χ0n) is 11.3. The molecule has 0 N–H and O–H groups in total. The molecule has 4 nitrogen and oxygen atoms in total. The fraction of sp³-hybridized carbons (Fsp3) is 0.500. The molecule has 110 valence electrons. The first-order chi connectivity index (χ1) is 9.33. The number of carbonyl (C=O) groups excluding carboxylic acids is 1. The molecule has 0 spiro atoms. The van der Waals surface area contributed by atoms with Crippen LogP contribution >= 0.6 is 11.6 Å². The summed E-state index contributed by atoms with van der Waals surface area (Å²) in [4.78, 5) is 12.4. The van der Waals surface area contributed by atoms with Gasteiger partial charge in [-0.3, -0.25) is 8.98 Å². The summed E-state index contributed by atoms with van der Waals surface area (Å²) >= 11 is 5.87.